The number of aliphatic hydroxyl groups excluding tert-OH is 1. The summed E-state index contributed by atoms with van der Waals surface area (Å²) in [7, 11) is 0. The van der Waals surface area contributed by atoms with Crippen molar-refractivity contribution in [1.82, 2.24) is 0 Å². The summed E-state index contributed by atoms with van der Waals surface area (Å²) in [6.07, 6.45) is -10.4. The summed E-state index contributed by atoms with van der Waals surface area (Å²) in [6, 6.07) is 0. The van der Waals surface area contributed by atoms with Gasteiger partial charge in [0.1, 0.15) is 0 Å². The van der Waals surface area contributed by atoms with Gasteiger partial charge in [-0.1, -0.05) is 12.5 Å². The van der Waals surface area contributed by atoms with Gasteiger partial charge in [-0.15, -0.1) is 0 Å². The number of hydrogen-bond donors (Lipinski definition) is 1. The van der Waals surface area contributed by atoms with Crippen LogP contribution in [0.1, 0.15) is 32.1 Å². The first-order chi connectivity index (χ1) is 10.1. The van der Waals surface area contributed by atoms with Crippen LogP contribution in [0.25, 0.3) is 0 Å². The van der Waals surface area contributed by atoms with Crippen LogP contribution in [0.15, 0.2) is 0 Å². The molecule has 0 heterocycles. The molecular formula is C15H17F6ORf-. The summed E-state index contributed by atoms with van der Waals surface area (Å²) in [5.74, 6) is -1.04. The third-order valence-electron chi connectivity index (χ3n) is 7.03. The van der Waals surface area contributed by atoms with Gasteiger partial charge in [-0.2, -0.15) is 13.2 Å². The number of rotatable bonds is 1. The van der Waals surface area contributed by atoms with Crippen molar-refractivity contribution in [3.05, 3.63) is 6.10 Å². The fourth-order valence-corrected chi connectivity index (χ4v) is 6.62. The SMILES string of the molecule is O[C-](C(F)(F)F)C1(C(F)(F)F)CC2CC1C1C3CCC(C3)C21.[Rf]. The van der Waals surface area contributed by atoms with E-state index < -0.39 is 36.2 Å². The summed E-state index contributed by atoms with van der Waals surface area (Å²) in [5.41, 5.74) is -3.07. The Labute approximate surface area is 124 Å². The van der Waals surface area contributed by atoms with Gasteiger partial charge < -0.3 is 5.11 Å². The largest absolute Gasteiger partial charge is 0.554 e. The first-order valence-corrected chi connectivity index (χ1v) is 7.77. The minimum atomic E-state index is -5.31. The molecule has 1 nitrogen and oxygen atoms in total. The Hall–Kier alpha value is -1.46. The maximum Gasteiger partial charge on any atom is 0.371 e. The molecule has 8 heteroatoms. The van der Waals surface area contributed by atoms with E-state index in [0.717, 1.165) is 19.3 Å². The average molecular weight is 594 g/mol. The molecule has 4 aliphatic rings. The van der Waals surface area contributed by atoms with E-state index in [9.17, 15) is 31.4 Å². The summed E-state index contributed by atoms with van der Waals surface area (Å²) >= 11 is 0. The molecule has 7 atom stereocenters. The van der Waals surface area contributed by atoms with Crippen LogP contribution < -0.4 is 0 Å². The first-order valence-electron chi connectivity index (χ1n) is 7.77. The Morgan fingerprint density at radius 3 is 1.96 bits per heavy atom. The Bertz CT molecular complexity index is 491. The zero-order chi connectivity index (χ0) is 16.1. The normalized spacial score (nSPS) is 48.0. The van der Waals surface area contributed by atoms with Crippen molar-refractivity contribution < 1.29 is 31.4 Å². The van der Waals surface area contributed by atoms with Crippen LogP contribution in [0.3, 0.4) is 0 Å². The molecule has 0 aromatic carbocycles. The van der Waals surface area contributed by atoms with Crippen LogP contribution in [0.2, 0.25) is 0 Å². The Balaban J connectivity index is 0.00000156. The van der Waals surface area contributed by atoms with Gasteiger partial charge >= 0.3 is 6.18 Å². The molecule has 4 aliphatic carbocycles. The second kappa shape index (κ2) is 4.33. The molecule has 0 spiro atoms. The van der Waals surface area contributed by atoms with Gasteiger partial charge in [-0.25, -0.2) is 13.2 Å². The van der Waals surface area contributed by atoms with Gasteiger partial charge in [-0.3, -0.25) is 0 Å². The molecule has 4 fully saturated rings. The molecule has 128 valence electrons. The third kappa shape index (κ3) is 1.75. The molecule has 0 radical (unpaired) electrons. The van der Waals surface area contributed by atoms with Gasteiger partial charge in [0.25, 0.3) is 6.18 Å². The molecule has 1 N–H and O–H groups in total. The molecule has 0 aromatic rings. The zero-order valence-corrected chi connectivity index (χ0v) is 18.8. The van der Waals surface area contributed by atoms with E-state index in [1.807, 2.05) is 0 Å². The van der Waals surface area contributed by atoms with Crippen molar-refractivity contribution in [2.75, 3.05) is 0 Å². The van der Waals surface area contributed by atoms with Crippen LogP contribution >= 0.6 is 0 Å². The van der Waals surface area contributed by atoms with Crippen LogP contribution in [0.4, 0.5) is 26.3 Å². The minimum absolute atomic E-state index is 0. The topological polar surface area (TPSA) is 20.2 Å². The summed E-state index contributed by atoms with van der Waals surface area (Å²) in [4.78, 5) is 0. The molecule has 0 saturated heterocycles. The van der Waals surface area contributed by atoms with E-state index in [2.05, 4.69) is 0 Å². The Morgan fingerprint density at radius 1 is 0.870 bits per heavy atom. The second-order valence-corrected chi connectivity index (χ2v) is 7.61. The number of hydrogen-bond acceptors (Lipinski definition) is 1. The minimum Gasteiger partial charge on any atom is -0.554 e. The molecular weight excluding hydrogens is 577 g/mol. The van der Waals surface area contributed by atoms with Crippen LogP contribution in [-0.4, -0.2) is 17.5 Å². The molecule has 0 amide bonds. The molecule has 0 aliphatic heterocycles. The van der Waals surface area contributed by atoms with E-state index in [4.69, 9.17) is 0 Å². The molecule has 4 rings (SSSR count). The number of fused-ring (bicyclic) bond motifs is 9. The smallest absolute Gasteiger partial charge is 0.371 e. The van der Waals surface area contributed by atoms with Crippen molar-refractivity contribution in [2.24, 2.45) is 40.9 Å². The molecule has 0 aromatic heterocycles. The first kappa shape index (κ1) is 16.4. The Kier molecular flexibility index (Phi) is 3.09. The number of aliphatic hydroxyl groups is 1. The van der Waals surface area contributed by atoms with Gasteiger partial charge in [0, 0.05) is 0 Å². The number of halogens is 6. The third-order valence-corrected chi connectivity index (χ3v) is 7.03. The van der Waals surface area contributed by atoms with E-state index in [1.54, 1.807) is 0 Å². The van der Waals surface area contributed by atoms with Crippen LogP contribution in [0, 0.1) is 47.0 Å². The van der Waals surface area contributed by atoms with Crippen molar-refractivity contribution in [3.63, 3.8) is 0 Å². The quantitative estimate of drug-likeness (QED) is 0.265. The van der Waals surface area contributed by atoms with Crippen molar-refractivity contribution >= 4 is 0 Å². The van der Waals surface area contributed by atoms with Crippen LogP contribution in [-0.2, 0) is 0 Å². The van der Waals surface area contributed by atoms with Crippen molar-refractivity contribution in [3.8, 4) is 0 Å². The van der Waals surface area contributed by atoms with E-state index >= 15 is 0 Å². The fraction of sp³-hybridized carbons (Fsp3) is 0.933. The molecule has 4 bridgehead atoms. The molecule has 23 heavy (non-hydrogen) atoms. The maximum atomic E-state index is 13.7. The number of alkyl halides is 6. The monoisotopic (exact) mass is 594 g/mol. The van der Waals surface area contributed by atoms with Crippen LogP contribution in [0.5, 0.6) is 0 Å². The average Bonchev–Trinajstić information content (AvgIpc) is 3.12. The van der Waals surface area contributed by atoms with Gasteiger partial charge in [0.05, 0.1) is 0 Å². The Morgan fingerprint density at radius 2 is 1.43 bits per heavy atom. The second-order valence-electron chi connectivity index (χ2n) is 7.61. The predicted octanol–water partition coefficient (Wildman–Crippen LogP) is 4.70. The van der Waals surface area contributed by atoms with Gasteiger partial charge in [0.2, 0.25) is 0 Å². The van der Waals surface area contributed by atoms with Crippen molar-refractivity contribution in [1.29, 1.82) is 0 Å². The molecule has 4 saturated carbocycles. The maximum absolute atomic E-state index is 13.7. The van der Waals surface area contributed by atoms with E-state index in [-0.39, 0.29) is 30.1 Å². The van der Waals surface area contributed by atoms with Gasteiger partial charge in [-0.05, 0) is 66.6 Å². The predicted molar refractivity (Wildman–Crippen MR) is 63.7 cm³/mol. The van der Waals surface area contributed by atoms with Crippen molar-refractivity contribution in [2.45, 2.75) is 44.5 Å². The standard InChI is InChI=1S/C15H17F6O.Rf/c16-14(17,18)12(22)13(15(19,20)21)5-8-4-9(13)11-7-2-1-6(3-7)10(8)11;/h6-11,22H,1-5H2;/q-1;. The fourth-order valence-electron chi connectivity index (χ4n) is 6.62. The summed E-state index contributed by atoms with van der Waals surface area (Å²) < 4.78 is 79.9. The van der Waals surface area contributed by atoms with Gasteiger partial charge in [0.15, 0.2) is 0 Å². The summed E-state index contributed by atoms with van der Waals surface area (Å²) in [6.45, 7) is 0. The van der Waals surface area contributed by atoms with E-state index in [0.29, 0.717) is 5.92 Å². The molecule has 7 unspecified atom stereocenters. The summed E-state index contributed by atoms with van der Waals surface area (Å²) in [5, 5.41) is 9.56. The van der Waals surface area contributed by atoms with E-state index in [1.165, 1.54) is 0 Å². The zero-order valence-electron chi connectivity index (χ0n) is 12.4.